The van der Waals surface area contributed by atoms with Crippen LogP contribution in [0.2, 0.25) is 0 Å². The van der Waals surface area contributed by atoms with E-state index in [-0.39, 0.29) is 0 Å². The van der Waals surface area contributed by atoms with Gasteiger partial charge in [-0.25, -0.2) is 0 Å². The lowest BCUT2D eigenvalue weighted by Gasteiger charge is -2.33. The van der Waals surface area contributed by atoms with Crippen molar-refractivity contribution in [2.45, 2.75) is 65.6 Å². The molecule has 1 aliphatic rings. The maximum atomic E-state index is 6.12. The smallest absolute Gasteiger partial charge is 0.0675 e. The van der Waals surface area contributed by atoms with Crippen LogP contribution in [0.4, 0.5) is 0 Å². The Morgan fingerprint density at radius 3 is 2.38 bits per heavy atom. The van der Waals surface area contributed by atoms with E-state index in [2.05, 4.69) is 33.0 Å². The van der Waals surface area contributed by atoms with Gasteiger partial charge in [-0.05, 0) is 51.0 Å². The molecule has 96 valence electrons. The average molecular weight is 227 g/mol. The molecule has 2 heteroatoms. The van der Waals surface area contributed by atoms with Gasteiger partial charge in [-0.3, -0.25) is 0 Å². The second kappa shape index (κ2) is 7.29. The van der Waals surface area contributed by atoms with Crippen molar-refractivity contribution in [3.05, 3.63) is 0 Å². The molecule has 3 unspecified atom stereocenters. The van der Waals surface area contributed by atoms with Gasteiger partial charge >= 0.3 is 0 Å². The van der Waals surface area contributed by atoms with Crippen molar-refractivity contribution in [2.24, 2.45) is 11.8 Å². The minimum atomic E-state index is 0.356. The molecule has 0 spiro atoms. The third-order valence-corrected chi connectivity index (χ3v) is 3.42. The van der Waals surface area contributed by atoms with Crippen LogP contribution in [-0.2, 0) is 4.74 Å². The molecule has 1 N–H and O–H groups in total. The summed E-state index contributed by atoms with van der Waals surface area (Å²) in [5, 5.41) is 3.42. The van der Waals surface area contributed by atoms with Crippen molar-refractivity contribution in [2.75, 3.05) is 13.1 Å². The molecule has 0 aromatic rings. The van der Waals surface area contributed by atoms with Crippen molar-refractivity contribution in [1.82, 2.24) is 5.32 Å². The van der Waals surface area contributed by atoms with Gasteiger partial charge in [0.15, 0.2) is 0 Å². The number of ether oxygens (including phenoxy) is 1. The maximum absolute atomic E-state index is 6.12. The zero-order chi connectivity index (χ0) is 12.0. The second-order valence-corrected chi connectivity index (χ2v) is 5.69. The van der Waals surface area contributed by atoms with E-state index in [4.69, 9.17) is 4.74 Å². The molecule has 0 aliphatic heterocycles. The first-order valence-corrected chi connectivity index (χ1v) is 6.98. The number of nitrogens with one attached hydrogen (secondary N) is 1. The van der Waals surface area contributed by atoms with Crippen molar-refractivity contribution in [1.29, 1.82) is 0 Å². The van der Waals surface area contributed by atoms with E-state index in [0.717, 1.165) is 24.9 Å². The summed E-state index contributed by atoms with van der Waals surface area (Å²) in [6.45, 7) is 11.2. The summed E-state index contributed by atoms with van der Waals surface area (Å²) in [5.74, 6) is 1.68. The SMILES string of the molecule is CCCNCC(C)OC1CC(C)CC(C)C1. The molecule has 0 aromatic heterocycles. The Bertz CT molecular complexity index is 174. The summed E-state index contributed by atoms with van der Waals surface area (Å²) in [6, 6.07) is 0. The topological polar surface area (TPSA) is 21.3 Å². The molecule has 1 aliphatic carbocycles. The minimum Gasteiger partial charge on any atom is -0.374 e. The molecule has 16 heavy (non-hydrogen) atoms. The molecule has 0 amide bonds. The monoisotopic (exact) mass is 227 g/mol. The molecule has 2 nitrogen and oxygen atoms in total. The van der Waals surface area contributed by atoms with Crippen LogP contribution in [-0.4, -0.2) is 25.3 Å². The predicted octanol–water partition coefficient (Wildman–Crippen LogP) is 3.22. The summed E-state index contributed by atoms with van der Waals surface area (Å²) < 4.78 is 6.12. The molecule has 1 rings (SSSR count). The Balaban J connectivity index is 2.19. The summed E-state index contributed by atoms with van der Waals surface area (Å²) in [5.41, 5.74) is 0. The van der Waals surface area contributed by atoms with Crippen LogP contribution in [0.5, 0.6) is 0 Å². The van der Waals surface area contributed by atoms with Gasteiger partial charge in [0.05, 0.1) is 12.2 Å². The van der Waals surface area contributed by atoms with Gasteiger partial charge in [0.2, 0.25) is 0 Å². The zero-order valence-electron chi connectivity index (χ0n) is 11.5. The van der Waals surface area contributed by atoms with Gasteiger partial charge < -0.3 is 10.1 Å². The van der Waals surface area contributed by atoms with Crippen LogP contribution in [0.25, 0.3) is 0 Å². The minimum absolute atomic E-state index is 0.356. The summed E-state index contributed by atoms with van der Waals surface area (Å²) in [7, 11) is 0. The van der Waals surface area contributed by atoms with Gasteiger partial charge in [0, 0.05) is 6.54 Å². The fourth-order valence-electron chi connectivity index (χ4n) is 2.84. The van der Waals surface area contributed by atoms with Crippen molar-refractivity contribution < 1.29 is 4.74 Å². The van der Waals surface area contributed by atoms with Crippen LogP contribution in [0.3, 0.4) is 0 Å². The van der Waals surface area contributed by atoms with Crippen molar-refractivity contribution in [3.63, 3.8) is 0 Å². The van der Waals surface area contributed by atoms with Crippen LogP contribution >= 0.6 is 0 Å². The normalized spacial score (nSPS) is 32.6. The number of hydrogen-bond acceptors (Lipinski definition) is 2. The maximum Gasteiger partial charge on any atom is 0.0675 e. The molecule has 0 aromatic carbocycles. The van der Waals surface area contributed by atoms with Crippen LogP contribution in [0, 0.1) is 11.8 Å². The molecule has 1 fully saturated rings. The van der Waals surface area contributed by atoms with Crippen LogP contribution in [0.1, 0.15) is 53.4 Å². The highest BCUT2D eigenvalue weighted by Crippen LogP contribution is 2.30. The third-order valence-electron chi connectivity index (χ3n) is 3.42. The Labute approximate surface area is 101 Å². The Kier molecular flexibility index (Phi) is 6.37. The van der Waals surface area contributed by atoms with Crippen molar-refractivity contribution in [3.8, 4) is 0 Å². The molecule has 0 heterocycles. The molecule has 0 saturated heterocycles. The van der Waals surface area contributed by atoms with Crippen molar-refractivity contribution >= 4 is 0 Å². The van der Waals surface area contributed by atoms with Crippen LogP contribution < -0.4 is 5.32 Å². The summed E-state index contributed by atoms with van der Waals surface area (Å²) in [6.07, 6.45) is 5.93. The molecule has 3 atom stereocenters. The third kappa shape index (κ3) is 5.31. The predicted molar refractivity (Wildman–Crippen MR) is 69.7 cm³/mol. The fourth-order valence-corrected chi connectivity index (χ4v) is 2.84. The lowest BCUT2D eigenvalue weighted by Crippen LogP contribution is -2.34. The largest absolute Gasteiger partial charge is 0.374 e. The molecular formula is C14H29NO. The summed E-state index contributed by atoms with van der Waals surface area (Å²) in [4.78, 5) is 0. The van der Waals surface area contributed by atoms with E-state index >= 15 is 0 Å². The lowest BCUT2D eigenvalue weighted by molar-refractivity contribution is -0.0399. The van der Waals surface area contributed by atoms with Crippen LogP contribution in [0.15, 0.2) is 0 Å². The Morgan fingerprint density at radius 1 is 1.19 bits per heavy atom. The average Bonchev–Trinajstić information content (AvgIpc) is 2.16. The first-order valence-electron chi connectivity index (χ1n) is 6.98. The lowest BCUT2D eigenvalue weighted by atomic mass is 9.82. The molecule has 0 radical (unpaired) electrons. The Morgan fingerprint density at radius 2 is 1.81 bits per heavy atom. The zero-order valence-corrected chi connectivity index (χ0v) is 11.5. The Hall–Kier alpha value is -0.0800. The van der Waals surface area contributed by atoms with E-state index in [1.807, 2.05) is 0 Å². The van der Waals surface area contributed by atoms with E-state index in [1.54, 1.807) is 0 Å². The van der Waals surface area contributed by atoms with E-state index in [1.165, 1.54) is 25.7 Å². The number of rotatable bonds is 6. The van der Waals surface area contributed by atoms with Gasteiger partial charge in [0.25, 0.3) is 0 Å². The molecule has 1 saturated carbocycles. The molecule has 0 bridgehead atoms. The highest BCUT2D eigenvalue weighted by molar-refractivity contribution is 4.76. The number of hydrogen-bond donors (Lipinski definition) is 1. The van der Waals surface area contributed by atoms with E-state index in [0.29, 0.717) is 12.2 Å². The highest BCUT2D eigenvalue weighted by Gasteiger charge is 2.25. The van der Waals surface area contributed by atoms with Gasteiger partial charge in [-0.2, -0.15) is 0 Å². The second-order valence-electron chi connectivity index (χ2n) is 5.69. The van der Waals surface area contributed by atoms with Gasteiger partial charge in [0.1, 0.15) is 0 Å². The molecular weight excluding hydrogens is 198 g/mol. The van der Waals surface area contributed by atoms with E-state index in [9.17, 15) is 0 Å². The van der Waals surface area contributed by atoms with E-state index < -0.39 is 0 Å². The standard InChI is InChI=1S/C14H29NO/c1-5-6-15-10-13(4)16-14-8-11(2)7-12(3)9-14/h11-15H,5-10H2,1-4H3. The highest BCUT2D eigenvalue weighted by atomic mass is 16.5. The quantitative estimate of drug-likeness (QED) is 0.704. The summed E-state index contributed by atoms with van der Waals surface area (Å²) >= 11 is 0. The van der Waals surface area contributed by atoms with Gasteiger partial charge in [-0.15, -0.1) is 0 Å². The van der Waals surface area contributed by atoms with Gasteiger partial charge in [-0.1, -0.05) is 20.8 Å². The fraction of sp³-hybridized carbons (Fsp3) is 1.00. The first-order chi connectivity index (χ1) is 7.61. The first kappa shape index (κ1) is 14.0.